The third-order valence-corrected chi connectivity index (χ3v) is 5.82. The molecule has 1 saturated heterocycles. The van der Waals surface area contributed by atoms with Gasteiger partial charge in [-0.15, -0.1) is 0 Å². The van der Waals surface area contributed by atoms with Crippen LogP contribution in [0, 0.1) is 0 Å². The number of amides is 1. The van der Waals surface area contributed by atoms with Gasteiger partial charge in [-0.2, -0.15) is 0 Å². The molecule has 0 atom stereocenters. The van der Waals surface area contributed by atoms with Crippen LogP contribution in [0.3, 0.4) is 0 Å². The van der Waals surface area contributed by atoms with Crippen molar-refractivity contribution in [3.05, 3.63) is 48.3 Å². The van der Waals surface area contributed by atoms with Gasteiger partial charge in [0.1, 0.15) is 17.9 Å². The van der Waals surface area contributed by atoms with Crippen LogP contribution in [0.4, 0.5) is 17.2 Å². The van der Waals surface area contributed by atoms with Gasteiger partial charge in [0.05, 0.1) is 38.1 Å². The molecule has 3 heterocycles. The summed E-state index contributed by atoms with van der Waals surface area (Å²) >= 11 is 0. The molecule has 0 bridgehead atoms. The van der Waals surface area contributed by atoms with E-state index in [0.29, 0.717) is 31.2 Å². The van der Waals surface area contributed by atoms with Gasteiger partial charge >= 0.3 is 0 Å². The highest BCUT2D eigenvalue weighted by molar-refractivity contribution is 6.00. The number of para-hydroxylation sites is 1. The zero-order valence-corrected chi connectivity index (χ0v) is 17.5. The summed E-state index contributed by atoms with van der Waals surface area (Å²) < 4.78 is 10.9. The van der Waals surface area contributed by atoms with Crippen molar-refractivity contribution < 1.29 is 14.3 Å². The molecule has 2 aliphatic heterocycles. The lowest BCUT2D eigenvalue weighted by Gasteiger charge is -2.26. The first-order valence-electron chi connectivity index (χ1n) is 10.5. The van der Waals surface area contributed by atoms with Gasteiger partial charge < -0.3 is 19.7 Å². The average Bonchev–Trinajstić information content (AvgIpc) is 3.23. The molecule has 0 radical (unpaired) electrons. The third-order valence-electron chi connectivity index (χ3n) is 5.82. The minimum atomic E-state index is -0.0792. The molecular formula is C23H25N5O3. The van der Waals surface area contributed by atoms with Crippen LogP contribution < -0.4 is 15.0 Å². The number of hydrogen-bond acceptors (Lipinski definition) is 7. The monoisotopic (exact) mass is 419 g/mol. The van der Waals surface area contributed by atoms with Crippen molar-refractivity contribution in [2.75, 3.05) is 56.7 Å². The van der Waals surface area contributed by atoms with Gasteiger partial charge in [-0.1, -0.05) is 18.2 Å². The minimum absolute atomic E-state index is 0.0792. The van der Waals surface area contributed by atoms with E-state index in [9.17, 15) is 4.79 Å². The van der Waals surface area contributed by atoms with E-state index >= 15 is 0 Å². The summed E-state index contributed by atoms with van der Waals surface area (Å²) in [4.78, 5) is 26.0. The first-order chi connectivity index (χ1) is 15.2. The lowest BCUT2D eigenvalue weighted by molar-refractivity contribution is -0.118. The van der Waals surface area contributed by atoms with E-state index in [1.165, 1.54) is 5.56 Å². The summed E-state index contributed by atoms with van der Waals surface area (Å²) in [5.41, 5.74) is 3.87. The molecule has 8 nitrogen and oxygen atoms in total. The first kappa shape index (κ1) is 19.7. The van der Waals surface area contributed by atoms with Crippen LogP contribution in [-0.2, 0) is 16.0 Å². The maximum atomic E-state index is 12.7. The Morgan fingerprint density at radius 1 is 1.16 bits per heavy atom. The standard InChI is InChI=1S/C23H25N5O3/c1-30-21-13-18-17(12-19(21)26-22(29)14-27-8-10-31-11-9-27)23(25-15-24-18)28-7-6-16-4-2-3-5-20(16)28/h2-5,12-13,15H,6-11,14H2,1H3,(H,26,29). The van der Waals surface area contributed by atoms with E-state index in [2.05, 4.69) is 43.3 Å². The number of carbonyl (C=O) groups excluding carboxylic acids is 1. The molecule has 31 heavy (non-hydrogen) atoms. The molecular weight excluding hydrogens is 394 g/mol. The van der Waals surface area contributed by atoms with Crippen LogP contribution >= 0.6 is 0 Å². The lowest BCUT2D eigenvalue weighted by atomic mass is 10.1. The summed E-state index contributed by atoms with van der Waals surface area (Å²) in [6.07, 6.45) is 2.55. The second-order valence-electron chi connectivity index (χ2n) is 7.73. The summed E-state index contributed by atoms with van der Waals surface area (Å²) in [7, 11) is 1.59. The maximum absolute atomic E-state index is 12.7. The number of benzene rings is 2. The SMILES string of the molecule is COc1cc2ncnc(N3CCc4ccccc43)c2cc1NC(=O)CN1CCOCC1. The van der Waals surface area contributed by atoms with Crippen LogP contribution in [0.1, 0.15) is 5.56 Å². The molecule has 0 unspecified atom stereocenters. The Kier molecular flexibility index (Phi) is 5.40. The molecule has 5 rings (SSSR count). The van der Waals surface area contributed by atoms with Crippen LogP contribution in [-0.4, -0.2) is 67.3 Å². The molecule has 1 amide bonds. The summed E-state index contributed by atoms with van der Waals surface area (Å²) in [5.74, 6) is 1.33. The number of rotatable bonds is 5. The Morgan fingerprint density at radius 3 is 2.84 bits per heavy atom. The number of nitrogens with zero attached hydrogens (tertiary/aromatic N) is 4. The summed E-state index contributed by atoms with van der Waals surface area (Å²) in [6.45, 7) is 4.01. The number of anilines is 3. The molecule has 2 aliphatic rings. The van der Waals surface area contributed by atoms with Crippen LogP contribution in [0.5, 0.6) is 5.75 Å². The quantitative estimate of drug-likeness (QED) is 0.681. The third kappa shape index (κ3) is 3.92. The molecule has 2 aromatic carbocycles. The van der Waals surface area contributed by atoms with E-state index in [1.807, 2.05) is 18.2 Å². The molecule has 0 aliphatic carbocycles. The van der Waals surface area contributed by atoms with Gasteiger partial charge in [0.2, 0.25) is 5.91 Å². The number of morpholine rings is 1. The fourth-order valence-electron chi connectivity index (χ4n) is 4.26. The zero-order chi connectivity index (χ0) is 21.2. The topological polar surface area (TPSA) is 79.8 Å². The molecule has 1 N–H and O–H groups in total. The van der Waals surface area contributed by atoms with Gasteiger partial charge in [-0.05, 0) is 24.1 Å². The Morgan fingerprint density at radius 2 is 2.00 bits per heavy atom. The van der Waals surface area contributed by atoms with E-state index in [4.69, 9.17) is 9.47 Å². The Bertz CT molecular complexity index is 1110. The fourth-order valence-corrected chi connectivity index (χ4v) is 4.26. The van der Waals surface area contributed by atoms with Crippen molar-refractivity contribution in [1.29, 1.82) is 0 Å². The number of nitrogens with one attached hydrogen (secondary N) is 1. The predicted octanol–water partition coefficient (Wildman–Crippen LogP) is 2.60. The van der Waals surface area contributed by atoms with Crippen molar-refractivity contribution in [3.63, 3.8) is 0 Å². The molecule has 0 saturated carbocycles. The van der Waals surface area contributed by atoms with E-state index < -0.39 is 0 Å². The zero-order valence-electron chi connectivity index (χ0n) is 17.5. The van der Waals surface area contributed by atoms with Gasteiger partial charge in [0, 0.05) is 36.8 Å². The van der Waals surface area contributed by atoms with Crippen LogP contribution in [0.2, 0.25) is 0 Å². The van der Waals surface area contributed by atoms with Crippen molar-refractivity contribution in [1.82, 2.24) is 14.9 Å². The van der Waals surface area contributed by atoms with Gasteiger partial charge in [0.25, 0.3) is 0 Å². The minimum Gasteiger partial charge on any atom is -0.494 e. The van der Waals surface area contributed by atoms with E-state index in [0.717, 1.165) is 48.5 Å². The molecule has 160 valence electrons. The number of aromatic nitrogens is 2. The van der Waals surface area contributed by atoms with Crippen molar-refractivity contribution in [2.45, 2.75) is 6.42 Å². The van der Waals surface area contributed by atoms with E-state index in [1.54, 1.807) is 13.4 Å². The van der Waals surface area contributed by atoms with Crippen molar-refractivity contribution >= 4 is 34.0 Å². The highest BCUT2D eigenvalue weighted by Crippen LogP contribution is 2.39. The molecule has 1 aromatic heterocycles. The Labute approximate surface area is 180 Å². The van der Waals surface area contributed by atoms with Crippen molar-refractivity contribution in [2.24, 2.45) is 0 Å². The predicted molar refractivity (Wildman–Crippen MR) is 119 cm³/mol. The summed E-state index contributed by atoms with van der Waals surface area (Å²) in [5, 5.41) is 3.89. The normalized spacial score (nSPS) is 16.4. The van der Waals surface area contributed by atoms with Gasteiger partial charge in [-0.3, -0.25) is 9.69 Å². The highest BCUT2D eigenvalue weighted by atomic mass is 16.5. The average molecular weight is 419 g/mol. The molecule has 0 spiro atoms. The molecule has 8 heteroatoms. The molecule has 1 fully saturated rings. The second kappa shape index (κ2) is 8.49. The van der Waals surface area contributed by atoms with Crippen LogP contribution in [0.25, 0.3) is 10.9 Å². The maximum Gasteiger partial charge on any atom is 0.238 e. The smallest absolute Gasteiger partial charge is 0.238 e. The number of hydrogen-bond donors (Lipinski definition) is 1. The number of ether oxygens (including phenoxy) is 2. The van der Waals surface area contributed by atoms with Crippen molar-refractivity contribution in [3.8, 4) is 5.75 Å². The number of methoxy groups -OCH3 is 1. The Balaban J connectivity index is 1.48. The number of fused-ring (bicyclic) bond motifs is 2. The van der Waals surface area contributed by atoms with E-state index in [-0.39, 0.29) is 5.91 Å². The lowest BCUT2D eigenvalue weighted by Crippen LogP contribution is -2.41. The Hall–Kier alpha value is -3.23. The largest absolute Gasteiger partial charge is 0.494 e. The summed E-state index contributed by atoms with van der Waals surface area (Å²) in [6, 6.07) is 12.1. The molecule has 3 aromatic rings. The second-order valence-corrected chi connectivity index (χ2v) is 7.73. The fraction of sp³-hybridized carbons (Fsp3) is 0.348. The van der Waals surface area contributed by atoms with Crippen LogP contribution in [0.15, 0.2) is 42.7 Å². The number of carbonyl (C=O) groups is 1. The van der Waals surface area contributed by atoms with Gasteiger partial charge in [-0.25, -0.2) is 9.97 Å². The van der Waals surface area contributed by atoms with Gasteiger partial charge in [0.15, 0.2) is 0 Å². The highest BCUT2D eigenvalue weighted by Gasteiger charge is 2.24. The first-order valence-corrected chi connectivity index (χ1v) is 10.5.